The first-order chi connectivity index (χ1) is 4.95. The average molecular weight is 181 g/mol. The summed E-state index contributed by atoms with van der Waals surface area (Å²) in [6.07, 6.45) is -1.55. The van der Waals surface area contributed by atoms with Crippen LogP contribution in [0.3, 0.4) is 0 Å². The smallest absolute Gasteiger partial charge is 0.338 e. The van der Waals surface area contributed by atoms with Gasteiger partial charge in [0.25, 0.3) is 0 Å². The van der Waals surface area contributed by atoms with Crippen LogP contribution in [0, 0.1) is 0 Å². The van der Waals surface area contributed by atoms with Crippen LogP contribution < -0.4 is 0 Å². The van der Waals surface area contributed by atoms with Crippen LogP contribution in [0.25, 0.3) is 0 Å². The van der Waals surface area contributed by atoms with Gasteiger partial charge in [-0.2, -0.15) is 0 Å². The van der Waals surface area contributed by atoms with E-state index in [9.17, 15) is 9.59 Å². The van der Waals surface area contributed by atoms with Crippen LogP contribution in [-0.2, 0) is 9.59 Å². The minimum atomic E-state index is -1.97. The number of carbonyl (C=O) groups is 2. The molecule has 0 bridgehead atoms. The van der Waals surface area contributed by atoms with Crippen LogP contribution in [0.15, 0.2) is 11.1 Å². The van der Waals surface area contributed by atoms with Crippen molar-refractivity contribution in [3.8, 4) is 0 Å². The zero-order chi connectivity index (χ0) is 9.02. The summed E-state index contributed by atoms with van der Waals surface area (Å²) in [4.78, 5) is 19.8. The Kier molecular flexibility index (Phi) is 3.56. The molecule has 6 heteroatoms. The monoisotopic (exact) mass is 180 g/mol. The summed E-state index contributed by atoms with van der Waals surface area (Å²) in [5.74, 6) is -3.00. The van der Waals surface area contributed by atoms with Gasteiger partial charge in [-0.15, -0.1) is 0 Å². The lowest BCUT2D eigenvalue weighted by atomic mass is 10.3. The van der Waals surface area contributed by atoms with Gasteiger partial charge in [-0.25, -0.2) is 9.59 Å². The number of aliphatic hydroxyl groups is 1. The largest absolute Gasteiger partial charge is 0.479 e. The molecule has 0 aliphatic carbocycles. The van der Waals surface area contributed by atoms with E-state index in [0.29, 0.717) is 6.08 Å². The Balaban J connectivity index is 4.35. The Morgan fingerprint density at radius 3 is 2.09 bits per heavy atom. The fraction of sp³-hybridized carbons (Fsp3) is 0.200. The predicted molar refractivity (Wildman–Crippen MR) is 35.2 cm³/mol. The van der Waals surface area contributed by atoms with E-state index in [1.807, 2.05) is 0 Å². The van der Waals surface area contributed by atoms with E-state index < -0.39 is 23.1 Å². The summed E-state index contributed by atoms with van der Waals surface area (Å²) < 4.78 is 0. The maximum Gasteiger partial charge on any atom is 0.338 e. The van der Waals surface area contributed by atoms with Gasteiger partial charge in [-0.05, 0) is 0 Å². The molecule has 3 N–H and O–H groups in total. The Bertz CT molecular complexity index is 209. The van der Waals surface area contributed by atoms with Crippen LogP contribution >= 0.6 is 11.6 Å². The van der Waals surface area contributed by atoms with Crippen molar-refractivity contribution in [2.75, 3.05) is 0 Å². The van der Waals surface area contributed by atoms with E-state index in [1.54, 1.807) is 0 Å². The highest BCUT2D eigenvalue weighted by atomic mass is 35.5. The maximum absolute atomic E-state index is 9.95. The molecule has 0 aliphatic heterocycles. The number of aliphatic hydroxyl groups excluding tert-OH is 1. The molecule has 0 aromatic rings. The number of rotatable bonds is 3. The summed E-state index contributed by atoms with van der Waals surface area (Å²) in [5.41, 5.74) is 0. The maximum atomic E-state index is 9.95. The third kappa shape index (κ3) is 3.59. The second-order valence-corrected chi connectivity index (χ2v) is 2.04. The quantitative estimate of drug-likeness (QED) is 0.516. The normalized spacial score (nSPS) is 14.2. The molecular formula is C5H5ClO5. The first kappa shape index (κ1) is 9.93. The number of halogens is 1. The van der Waals surface area contributed by atoms with Gasteiger partial charge in [0.2, 0.25) is 0 Å². The molecule has 62 valence electrons. The van der Waals surface area contributed by atoms with Crippen molar-refractivity contribution in [2.45, 2.75) is 6.10 Å². The van der Waals surface area contributed by atoms with Crippen molar-refractivity contribution in [1.29, 1.82) is 0 Å². The molecule has 0 aromatic carbocycles. The van der Waals surface area contributed by atoms with Gasteiger partial charge in [0.15, 0.2) is 6.10 Å². The van der Waals surface area contributed by atoms with Crippen LogP contribution in [0.5, 0.6) is 0 Å². The second kappa shape index (κ2) is 3.95. The molecule has 0 aliphatic rings. The predicted octanol–water partition coefficient (Wildman–Crippen LogP) is -0.361. The van der Waals surface area contributed by atoms with Gasteiger partial charge in [-0.3, -0.25) is 0 Å². The fourth-order valence-corrected chi connectivity index (χ4v) is 0.502. The topological polar surface area (TPSA) is 94.8 Å². The van der Waals surface area contributed by atoms with Crippen molar-refractivity contribution in [3.63, 3.8) is 0 Å². The summed E-state index contributed by atoms with van der Waals surface area (Å²) in [5, 5.41) is 24.1. The van der Waals surface area contributed by atoms with Crippen molar-refractivity contribution >= 4 is 23.5 Å². The van der Waals surface area contributed by atoms with Crippen molar-refractivity contribution < 1.29 is 24.9 Å². The molecule has 0 heterocycles. The summed E-state index contributed by atoms with van der Waals surface area (Å²) in [7, 11) is 0. The number of carboxylic acid groups (broad SMARTS) is 2. The molecule has 0 amide bonds. The average Bonchev–Trinajstić information content (AvgIpc) is 1.84. The van der Waals surface area contributed by atoms with Crippen LogP contribution in [0.4, 0.5) is 0 Å². The van der Waals surface area contributed by atoms with Crippen LogP contribution in [0.1, 0.15) is 0 Å². The van der Waals surface area contributed by atoms with E-state index >= 15 is 0 Å². The molecule has 5 nitrogen and oxygen atoms in total. The Hall–Kier alpha value is -1.07. The zero-order valence-corrected chi connectivity index (χ0v) is 5.95. The molecular weight excluding hydrogens is 176 g/mol. The van der Waals surface area contributed by atoms with Gasteiger partial charge in [0, 0.05) is 6.08 Å². The highest BCUT2D eigenvalue weighted by molar-refractivity contribution is 6.32. The van der Waals surface area contributed by atoms with E-state index in [-0.39, 0.29) is 0 Å². The van der Waals surface area contributed by atoms with E-state index in [1.165, 1.54) is 0 Å². The zero-order valence-electron chi connectivity index (χ0n) is 5.19. The Morgan fingerprint density at radius 2 is 1.82 bits per heavy atom. The highest BCUT2D eigenvalue weighted by Crippen LogP contribution is 2.07. The molecule has 0 saturated heterocycles. The minimum Gasteiger partial charge on any atom is -0.479 e. The third-order valence-corrected chi connectivity index (χ3v) is 1.07. The van der Waals surface area contributed by atoms with Gasteiger partial charge >= 0.3 is 11.9 Å². The molecule has 0 aromatic heterocycles. The SMILES string of the molecule is O=C(O)/C=C(\Cl)C(O)C(=O)O. The van der Waals surface area contributed by atoms with Crippen molar-refractivity contribution in [2.24, 2.45) is 0 Å². The summed E-state index contributed by atoms with van der Waals surface area (Å²) in [6.45, 7) is 0. The molecule has 11 heavy (non-hydrogen) atoms. The standard InChI is InChI=1S/C5H5ClO5/c6-2(1-3(7)8)4(9)5(10)11/h1,4,9H,(H,7,8)(H,10,11)/b2-1-. The Morgan fingerprint density at radius 1 is 1.36 bits per heavy atom. The van der Waals surface area contributed by atoms with Crippen LogP contribution in [-0.4, -0.2) is 33.4 Å². The number of carboxylic acids is 2. The van der Waals surface area contributed by atoms with Gasteiger partial charge in [-0.1, -0.05) is 11.6 Å². The van der Waals surface area contributed by atoms with Gasteiger partial charge < -0.3 is 15.3 Å². The lowest BCUT2D eigenvalue weighted by molar-refractivity contribution is -0.144. The number of hydrogen-bond donors (Lipinski definition) is 3. The lowest BCUT2D eigenvalue weighted by Gasteiger charge is -2.00. The van der Waals surface area contributed by atoms with Crippen molar-refractivity contribution in [3.05, 3.63) is 11.1 Å². The molecule has 0 saturated carbocycles. The third-order valence-electron chi connectivity index (χ3n) is 0.756. The number of hydrogen-bond acceptors (Lipinski definition) is 3. The molecule has 0 radical (unpaired) electrons. The van der Waals surface area contributed by atoms with E-state index in [4.69, 9.17) is 26.9 Å². The second-order valence-electron chi connectivity index (χ2n) is 1.61. The number of aliphatic carboxylic acids is 2. The van der Waals surface area contributed by atoms with Crippen LogP contribution in [0.2, 0.25) is 0 Å². The molecule has 1 atom stereocenters. The lowest BCUT2D eigenvalue weighted by Crippen LogP contribution is -2.20. The molecule has 0 spiro atoms. The Labute approximate surface area is 66.5 Å². The van der Waals surface area contributed by atoms with Gasteiger partial charge in [0.1, 0.15) is 0 Å². The van der Waals surface area contributed by atoms with Gasteiger partial charge in [0.05, 0.1) is 5.03 Å². The molecule has 0 fully saturated rings. The minimum absolute atomic E-state index is 0.417. The summed E-state index contributed by atoms with van der Waals surface area (Å²) >= 11 is 5.07. The fourth-order valence-electron chi connectivity index (χ4n) is 0.315. The summed E-state index contributed by atoms with van der Waals surface area (Å²) in [6, 6.07) is 0. The van der Waals surface area contributed by atoms with Crippen molar-refractivity contribution in [1.82, 2.24) is 0 Å². The first-order valence-electron chi connectivity index (χ1n) is 2.46. The molecule has 0 rings (SSSR count). The first-order valence-corrected chi connectivity index (χ1v) is 2.84. The van der Waals surface area contributed by atoms with E-state index in [2.05, 4.69) is 0 Å². The molecule has 1 unspecified atom stereocenters. The van der Waals surface area contributed by atoms with E-state index in [0.717, 1.165) is 0 Å². The highest BCUT2D eigenvalue weighted by Gasteiger charge is 2.17.